The Kier molecular flexibility index (Phi) is 6.46. The van der Waals surface area contributed by atoms with Gasteiger partial charge in [-0.15, -0.1) is 10.2 Å². The normalized spacial score (nSPS) is 12.6. The molecule has 10 heteroatoms. The van der Waals surface area contributed by atoms with E-state index in [1.54, 1.807) is 31.4 Å². The van der Waals surface area contributed by atoms with Crippen molar-refractivity contribution in [2.75, 3.05) is 7.11 Å². The molecule has 128 valence electrons. The number of ether oxygens (including phenoxy) is 1. The lowest BCUT2D eigenvalue weighted by atomic mass is 10.1. The van der Waals surface area contributed by atoms with E-state index in [1.807, 2.05) is 12.1 Å². The zero-order valence-electron chi connectivity index (χ0n) is 12.0. The molecule has 0 aliphatic rings. The minimum Gasteiger partial charge on any atom is -0.497 e. The van der Waals surface area contributed by atoms with Crippen molar-refractivity contribution in [2.45, 2.75) is 7.59 Å². The van der Waals surface area contributed by atoms with Gasteiger partial charge in [0.2, 0.25) is 7.59 Å². The quantitative estimate of drug-likeness (QED) is 0.566. The topological polar surface area (TPSA) is 47.9 Å². The molecule has 2 rings (SSSR count). The molecule has 0 atom stereocenters. The number of benzene rings is 1. The largest absolute Gasteiger partial charge is 0.497 e. The molecule has 4 nitrogen and oxygen atoms in total. The summed E-state index contributed by atoms with van der Waals surface area (Å²) in [5.74, 6) is 0.733. The third kappa shape index (κ3) is 5.01. The van der Waals surface area contributed by atoms with Gasteiger partial charge in [0.15, 0.2) is 0 Å². The predicted molar refractivity (Wildman–Crippen MR) is 100 cm³/mol. The maximum Gasteiger partial charge on any atom is 0.234 e. The molecule has 0 fully saturated rings. The number of rotatable bonds is 3. The molecule has 0 amide bonds. The SMILES string of the molecule is COc1ccc(C=Cc2nnnc(C(Cl)(Cl)Cl)c2C(Cl)(Cl)Cl)cc1. The number of alkyl halides is 6. The molecular weight excluding hydrogens is 439 g/mol. The lowest BCUT2D eigenvalue weighted by molar-refractivity contribution is 0.415. The first-order chi connectivity index (χ1) is 11.1. The third-order valence-electron chi connectivity index (χ3n) is 2.89. The van der Waals surface area contributed by atoms with Gasteiger partial charge in [0.05, 0.1) is 18.4 Å². The zero-order valence-corrected chi connectivity index (χ0v) is 16.5. The second-order valence-electron chi connectivity index (χ2n) is 4.50. The van der Waals surface area contributed by atoms with Gasteiger partial charge in [-0.3, -0.25) is 0 Å². The van der Waals surface area contributed by atoms with Crippen LogP contribution in [0.3, 0.4) is 0 Å². The van der Waals surface area contributed by atoms with Crippen LogP contribution in [0.1, 0.15) is 22.5 Å². The second-order valence-corrected chi connectivity index (χ2v) is 9.06. The zero-order chi connectivity index (χ0) is 18.0. The summed E-state index contributed by atoms with van der Waals surface area (Å²) in [6, 6.07) is 7.30. The maximum absolute atomic E-state index is 5.99. The Hall–Kier alpha value is -0.490. The van der Waals surface area contributed by atoms with Gasteiger partial charge in [-0.2, -0.15) is 0 Å². The van der Waals surface area contributed by atoms with Gasteiger partial charge in [0, 0.05) is 0 Å². The molecule has 0 N–H and O–H groups in total. The van der Waals surface area contributed by atoms with Crippen molar-refractivity contribution < 1.29 is 4.74 Å². The fraction of sp³-hybridized carbons (Fsp3) is 0.214. The van der Waals surface area contributed by atoms with E-state index in [0.717, 1.165) is 11.3 Å². The smallest absolute Gasteiger partial charge is 0.234 e. The van der Waals surface area contributed by atoms with Gasteiger partial charge in [-0.25, -0.2) is 0 Å². The molecule has 1 aromatic carbocycles. The molecule has 0 bridgehead atoms. The summed E-state index contributed by atoms with van der Waals surface area (Å²) in [4.78, 5) is 0. The van der Waals surface area contributed by atoms with Crippen LogP contribution in [0.25, 0.3) is 12.2 Å². The van der Waals surface area contributed by atoms with Crippen LogP contribution in [0.4, 0.5) is 0 Å². The molecule has 0 unspecified atom stereocenters. The van der Waals surface area contributed by atoms with Crippen molar-refractivity contribution in [1.82, 2.24) is 15.4 Å². The monoisotopic (exact) mass is 445 g/mol. The molecule has 1 heterocycles. The van der Waals surface area contributed by atoms with Gasteiger partial charge in [0.1, 0.15) is 11.4 Å². The van der Waals surface area contributed by atoms with Crippen LogP contribution in [0.5, 0.6) is 5.75 Å². The van der Waals surface area contributed by atoms with Crippen molar-refractivity contribution in [3.05, 3.63) is 46.8 Å². The van der Waals surface area contributed by atoms with Crippen molar-refractivity contribution >= 4 is 81.8 Å². The van der Waals surface area contributed by atoms with Crippen molar-refractivity contribution in [2.24, 2.45) is 0 Å². The summed E-state index contributed by atoms with van der Waals surface area (Å²) < 4.78 is 1.28. The van der Waals surface area contributed by atoms with Crippen LogP contribution in [0.15, 0.2) is 24.3 Å². The number of halogens is 6. The highest BCUT2D eigenvalue weighted by atomic mass is 35.6. The fourth-order valence-electron chi connectivity index (χ4n) is 1.82. The van der Waals surface area contributed by atoms with Crippen molar-refractivity contribution in [3.63, 3.8) is 0 Å². The minimum absolute atomic E-state index is 0.0484. The molecule has 0 saturated carbocycles. The van der Waals surface area contributed by atoms with Crippen LogP contribution >= 0.6 is 69.6 Å². The number of methoxy groups -OCH3 is 1. The van der Waals surface area contributed by atoms with E-state index >= 15 is 0 Å². The highest BCUT2D eigenvalue weighted by Gasteiger charge is 2.39. The Morgan fingerprint density at radius 1 is 0.875 bits per heavy atom. The summed E-state index contributed by atoms with van der Waals surface area (Å²) in [5.41, 5.74) is 1.03. The summed E-state index contributed by atoms with van der Waals surface area (Å²) in [6.07, 6.45) is 3.33. The highest BCUT2D eigenvalue weighted by Crippen LogP contribution is 2.48. The molecule has 0 aliphatic heterocycles. The van der Waals surface area contributed by atoms with E-state index in [2.05, 4.69) is 15.4 Å². The molecule has 1 aromatic heterocycles. The van der Waals surface area contributed by atoms with E-state index in [1.165, 1.54) is 0 Å². The van der Waals surface area contributed by atoms with Crippen molar-refractivity contribution in [1.29, 1.82) is 0 Å². The molecule has 2 aromatic rings. The van der Waals surface area contributed by atoms with E-state index in [9.17, 15) is 0 Å². The summed E-state index contributed by atoms with van der Waals surface area (Å²) in [5, 5.41) is 11.1. The second kappa shape index (κ2) is 7.81. The average Bonchev–Trinajstić information content (AvgIpc) is 2.51. The first-order valence-corrected chi connectivity index (χ1v) is 8.59. The minimum atomic E-state index is -1.92. The number of nitrogens with zero attached hydrogens (tertiary/aromatic N) is 3. The number of hydrogen-bond acceptors (Lipinski definition) is 4. The maximum atomic E-state index is 5.99. The highest BCUT2D eigenvalue weighted by molar-refractivity contribution is 6.69. The van der Waals surface area contributed by atoms with Gasteiger partial charge in [-0.1, -0.05) is 87.8 Å². The Balaban J connectivity index is 2.47. The van der Waals surface area contributed by atoms with E-state index in [-0.39, 0.29) is 17.0 Å². The molecule has 0 radical (unpaired) electrons. The fourth-order valence-corrected chi connectivity index (χ4v) is 2.78. The molecule has 0 aliphatic carbocycles. The number of aromatic nitrogens is 3. The lowest BCUT2D eigenvalue weighted by Gasteiger charge is -2.20. The van der Waals surface area contributed by atoms with Crippen LogP contribution in [0.2, 0.25) is 0 Å². The van der Waals surface area contributed by atoms with Crippen LogP contribution in [-0.4, -0.2) is 22.5 Å². The van der Waals surface area contributed by atoms with Gasteiger partial charge < -0.3 is 4.74 Å². The standard InChI is InChI=1S/C14H9Cl6N3O/c1-24-9-5-2-8(3-6-9)4-7-10-11(13(15,16)17)12(14(18,19)20)22-23-21-10/h2-7H,1H3. The Morgan fingerprint density at radius 2 is 1.50 bits per heavy atom. The number of hydrogen-bond donors (Lipinski definition) is 0. The Morgan fingerprint density at radius 3 is 2.00 bits per heavy atom. The van der Waals surface area contributed by atoms with Crippen LogP contribution in [-0.2, 0) is 7.59 Å². The van der Waals surface area contributed by atoms with E-state index < -0.39 is 7.59 Å². The molecule has 24 heavy (non-hydrogen) atoms. The third-order valence-corrected chi connectivity index (χ3v) is 4.00. The lowest BCUT2D eigenvalue weighted by Crippen LogP contribution is -2.18. The molecule has 0 spiro atoms. The van der Waals surface area contributed by atoms with Crippen LogP contribution < -0.4 is 4.74 Å². The van der Waals surface area contributed by atoms with E-state index in [4.69, 9.17) is 74.3 Å². The predicted octanol–water partition coefficient (Wildman–Crippen LogP) is 5.70. The first kappa shape index (κ1) is 19.8. The summed E-state index contributed by atoms with van der Waals surface area (Å²) >= 11 is 35.6. The van der Waals surface area contributed by atoms with E-state index in [0.29, 0.717) is 0 Å². The van der Waals surface area contributed by atoms with Gasteiger partial charge in [0.25, 0.3) is 0 Å². The summed E-state index contributed by atoms with van der Waals surface area (Å²) in [7, 11) is 1.59. The van der Waals surface area contributed by atoms with Crippen molar-refractivity contribution in [3.8, 4) is 5.75 Å². The summed E-state index contributed by atoms with van der Waals surface area (Å²) in [6.45, 7) is 0. The van der Waals surface area contributed by atoms with Crippen LogP contribution in [0, 0.1) is 0 Å². The molecular formula is C14H9Cl6N3O. The van der Waals surface area contributed by atoms with Gasteiger partial charge in [-0.05, 0) is 29.0 Å². The Labute approximate surface area is 168 Å². The average molecular weight is 448 g/mol. The first-order valence-electron chi connectivity index (χ1n) is 6.33. The molecule has 0 saturated heterocycles. The Bertz CT molecular complexity index is 738. The van der Waals surface area contributed by atoms with Gasteiger partial charge >= 0.3 is 0 Å².